The van der Waals surface area contributed by atoms with Gasteiger partial charge in [0.2, 0.25) is 0 Å². The van der Waals surface area contributed by atoms with E-state index in [1.54, 1.807) is 0 Å². The number of aryl methyl sites for hydroxylation is 2. The number of para-hydroxylation sites is 1. The molecule has 40 heavy (non-hydrogen) atoms. The Morgan fingerprint density at radius 2 is 1.50 bits per heavy atom. The summed E-state index contributed by atoms with van der Waals surface area (Å²) in [7, 11) is 1.39. The number of allylic oxidation sites excluding steroid dienone is 1. The summed E-state index contributed by atoms with van der Waals surface area (Å²) >= 11 is 0. The minimum absolute atomic E-state index is 0.269. The minimum Gasteiger partial charge on any atom is -0.493 e. The number of nitrogens with zero attached hydrogens (tertiary/aromatic N) is 1. The number of benzene rings is 4. The maximum atomic E-state index is 11.8. The van der Waals surface area contributed by atoms with E-state index in [2.05, 4.69) is 48.6 Å². The molecule has 0 aliphatic rings. The molecule has 0 radical (unpaired) electrons. The molecule has 0 aliphatic heterocycles. The molecule has 0 bridgehead atoms. The fourth-order valence-electron chi connectivity index (χ4n) is 4.65. The van der Waals surface area contributed by atoms with E-state index >= 15 is 0 Å². The maximum absolute atomic E-state index is 11.8. The third-order valence-corrected chi connectivity index (χ3v) is 6.94. The van der Waals surface area contributed by atoms with Crippen molar-refractivity contribution in [2.24, 2.45) is 5.92 Å². The Morgan fingerprint density at radius 3 is 2.23 bits per heavy atom. The van der Waals surface area contributed by atoms with Crippen molar-refractivity contribution < 1.29 is 14.3 Å². The first-order valence-corrected chi connectivity index (χ1v) is 13.7. The standard InChI is InChI=1S/C36H35NO3/c1-39-36(38)34-23-20-31(21-24-34)26-30(16-13-29-14-17-32(27-37)18-15-29)19-22-33-11-5-6-12-35(33)40-25-7-10-28-8-3-2-4-9-28/h2-6,8-9,11-12,14-15,17-24,30H,7,10,13,16,25-26H2,1H3. The molecule has 202 valence electrons. The van der Waals surface area contributed by atoms with Crippen LogP contribution in [0.5, 0.6) is 5.75 Å². The van der Waals surface area contributed by atoms with E-state index in [0.717, 1.165) is 49.0 Å². The van der Waals surface area contributed by atoms with Gasteiger partial charge in [-0.1, -0.05) is 84.9 Å². The normalized spacial score (nSPS) is 11.6. The Kier molecular flexibility index (Phi) is 10.7. The molecular weight excluding hydrogens is 494 g/mol. The Balaban J connectivity index is 1.44. The van der Waals surface area contributed by atoms with Gasteiger partial charge in [-0.05, 0) is 85.0 Å². The van der Waals surface area contributed by atoms with Crippen molar-refractivity contribution >= 4 is 12.0 Å². The van der Waals surface area contributed by atoms with Crippen molar-refractivity contribution in [2.45, 2.75) is 32.1 Å². The van der Waals surface area contributed by atoms with Gasteiger partial charge in [-0.3, -0.25) is 0 Å². The predicted molar refractivity (Wildman–Crippen MR) is 160 cm³/mol. The lowest BCUT2D eigenvalue weighted by atomic mass is 9.91. The van der Waals surface area contributed by atoms with E-state index < -0.39 is 0 Å². The number of carbonyl (C=O) groups is 1. The van der Waals surface area contributed by atoms with E-state index in [1.807, 2.05) is 72.8 Å². The van der Waals surface area contributed by atoms with Gasteiger partial charge < -0.3 is 9.47 Å². The smallest absolute Gasteiger partial charge is 0.337 e. The Morgan fingerprint density at radius 1 is 0.825 bits per heavy atom. The van der Waals surface area contributed by atoms with Crippen molar-refractivity contribution in [2.75, 3.05) is 13.7 Å². The molecule has 0 amide bonds. The molecule has 4 nitrogen and oxygen atoms in total. The second-order valence-corrected chi connectivity index (χ2v) is 9.83. The number of hydrogen-bond acceptors (Lipinski definition) is 4. The highest BCUT2D eigenvalue weighted by atomic mass is 16.5. The summed E-state index contributed by atoms with van der Waals surface area (Å²) < 4.78 is 11.0. The molecule has 4 aromatic carbocycles. The van der Waals surface area contributed by atoms with E-state index in [1.165, 1.54) is 18.2 Å². The molecule has 0 saturated carbocycles. The van der Waals surface area contributed by atoms with Crippen LogP contribution in [0.4, 0.5) is 0 Å². The predicted octanol–water partition coefficient (Wildman–Crippen LogP) is 7.86. The van der Waals surface area contributed by atoms with Crippen LogP contribution < -0.4 is 4.74 Å². The number of rotatable bonds is 13. The fourth-order valence-corrected chi connectivity index (χ4v) is 4.65. The van der Waals surface area contributed by atoms with Crippen molar-refractivity contribution in [3.8, 4) is 11.8 Å². The molecule has 1 atom stereocenters. The Hall–Kier alpha value is -4.62. The van der Waals surface area contributed by atoms with Crippen LogP contribution in [-0.2, 0) is 24.0 Å². The summed E-state index contributed by atoms with van der Waals surface area (Å²) in [6.45, 7) is 0.661. The van der Waals surface area contributed by atoms with Crippen LogP contribution in [0.2, 0.25) is 0 Å². The molecule has 0 aromatic heterocycles. The highest BCUT2D eigenvalue weighted by Gasteiger charge is 2.11. The Labute approximate surface area is 237 Å². The summed E-state index contributed by atoms with van der Waals surface area (Å²) in [6, 6.07) is 36.3. The van der Waals surface area contributed by atoms with Crippen LogP contribution in [0.25, 0.3) is 6.08 Å². The molecule has 0 N–H and O–H groups in total. The van der Waals surface area contributed by atoms with Gasteiger partial charge >= 0.3 is 5.97 Å². The fraction of sp³-hybridized carbons (Fsp3) is 0.222. The SMILES string of the molecule is COC(=O)c1ccc(CC(C=Cc2ccccc2OCCCc2ccccc2)CCc2ccc(C#N)cc2)cc1. The zero-order valence-electron chi connectivity index (χ0n) is 23.0. The molecule has 4 rings (SSSR count). The van der Waals surface area contributed by atoms with Gasteiger partial charge in [0.1, 0.15) is 5.75 Å². The third kappa shape index (κ3) is 8.71. The van der Waals surface area contributed by atoms with E-state index in [0.29, 0.717) is 17.7 Å². The zero-order valence-corrected chi connectivity index (χ0v) is 23.0. The molecule has 4 heteroatoms. The summed E-state index contributed by atoms with van der Waals surface area (Å²) in [5.41, 5.74) is 5.98. The summed E-state index contributed by atoms with van der Waals surface area (Å²) in [4.78, 5) is 11.8. The van der Waals surface area contributed by atoms with Crippen LogP contribution in [-0.4, -0.2) is 19.7 Å². The Bertz CT molecular complexity index is 1420. The van der Waals surface area contributed by atoms with Gasteiger partial charge in [0.15, 0.2) is 0 Å². The second kappa shape index (κ2) is 15.1. The number of esters is 1. The van der Waals surface area contributed by atoms with Crippen molar-refractivity contribution in [3.05, 3.63) is 143 Å². The van der Waals surface area contributed by atoms with Crippen LogP contribution in [0.15, 0.2) is 109 Å². The first kappa shape index (κ1) is 28.4. The monoisotopic (exact) mass is 529 g/mol. The van der Waals surface area contributed by atoms with Crippen molar-refractivity contribution in [3.63, 3.8) is 0 Å². The lowest BCUT2D eigenvalue weighted by Gasteiger charge is -2.15. The maximum Gasteiger partial charge on any atom is 0.337 e. The van der Waals surface area contributed by atoms with Crippen molar-refractivity contribution in [1.82, 2.24) is 0 Å². The number of hydrogen-bond donors (Lipinski definition) is 0. The number of nitriles is 1. The third-order valence-electron chi connectivity index (χ3n) is 6.94. The molecule has 0 aliphatic carbocycles. The highest BCUT2D eigenvalue weighted by Crippen LogP contribution is 2.24. The quantitative estimate of drug-likeness (QED) is 0.131. The van der Waals surface area contributed by atoms with Crippen LogP contribution >= 0.6 is 0 Å². The molecule has 4 aromatic rings. The molecule has 0 spiro atoms. The van der Waals surface area contributed by atoms with Gasteiger partial charge in [0.25, 0.3) is 0 Å². The van der Waals surface area contributed by atoms with E-state index in [-0.39, 0.29) is 11.9 Å². The number of methoxy groups -OCH3 is 1. The summed E-state index contributed by atoms with van der Waals surface area (Å²) in [5.74, 6) is 0.829. The molecule has 0 fully saturated rings. The van der Waals surface area contributed by atoms with Gasteiger partial charge in [-0.15, -0.1) is 0 Å². The number of ether oxygens (including phenoxy) is 2. The lowest BCUT2D eigenvalue weighted by Crippen LogP contribution is -2.05. The van der Waals surface area contributed by atoms with E-state index in [9.17, 15) is 4.79 Å². The van der Waals surface area contributed by atoms with Crippen LogP contribution in [0.1, 0.15) is 51.0 Å². The first-order chi connectivity index (χ1) is 19.6. The molecule has 0 heterocycles. The largest absolute Gasteiger partial charge is 0.493 e. The molecular formula is C36H35NO3. The van der Waals surface area contributed by atoms with Gasteiger partial charge in [0, 0.05) is 5.56 Å². The van der Waals surface area contributed by atoms with Crippen molar-refractivity contribution in [1.29, 1.82) is 5.26 Å². The molecule has 0 saturated heterocycles. The number of carbonyl (C=O) groups excluding carboxylic acids is 1. The van der Waals surface area contributed by atoms with E-state index in [4.69, 9.17) is 14.7 Å². The van der Waals surface area contributed by atoms with Gasteiger partial charge in [-0.2, -0.15) is 5.26 Å². The average molecular weight is 530 g/mol. The minimum atomic E-state index is -0.329. The van der Waals surface area contributed by atoms with Gasteiger partial charge in [0.05, 0.1) is 30.9 Å². The van der Waals surface area contributed by atoms with Gasteiger partial charge in [-0.25, -0.2) is 4.79 Å². The van der Waals surface area contributed by atoms with Crippen LogP contribution in [0.3, 0.4) is 0 Å². The lowest BCUT2D eigenvalue weighted by molar-refractivity contribution is 0.0600. The highest BCUT2D eigenvalue weighted by molar-refractivity contribution is 5.89. The summed E-state index contributed by atoms with van der Waals surface area (Å²) in [6.07, 6.45) is 9.07. The zero-order chi connectivity index (χ0) is 28.0. The first-order valence-electron chi connectivity index (χ1n) is 13.7. The molecule has 1 unspecified atom stereocenters. The average Bonchev–Trinajstić information content (AvgIpc) is 3.01. The summed E-state index contributed by atoms with van der Waals surface area (Å²) in [5, 5.41) is 9.10. The second-order valence-electron chi connectivity index (χ2n) is 9.83. The topological polar surface area (TPSA) is 59.3 Å². The van der Waals surface area contributed by atoms with Crippen LogP contribution in [0, 0.1) is 17.2 Å².